The topological polar surface area (TPSA) is 49.8 Å². The van der Waals surface area contributed by atoms with Gasteiger partial charge < -0.3 is 24.0 Å². The Bertz CT molecular complexity index is 1230. The van der Waals surface area contributed by atoms with Crippen molar-refractivity contribution in [1.82, 2.24) is 14.7 Å². The molecule has 6 rings (SSSR count). The molecule has 0 bridgehead atoms. The van der Waals surface area contributed by atoms with Crippen LogP contribution >= 0.6 is 27.5 Å². The lowest BCUT2D eigenvalue weighted by molar-refractivity contribution is -0.0504. The van der Waals surface area contributed by atoms with Crippen LogP contribution in [-0.4, -0.2) is 85.0 Å². The predicted molar refractivity (Wildman–Crippen MR) is 125 cm³/mol. The van der Waals surface area contributed by atoms with Gasteiger partial charge in [-0.1, -0.05) is 11.6 Å². The van der Waals surface area contributed by atoms with Crippen LogP contribution in [0.15, 0.2) is 21.6 Å². The van der Waals surface area contributed by atoms with Gasteiger partial charge in [0.15, 0.2) is 11.6 Å². The van der Waals surface area contributed by atoms with Crippen molar-refractivity contribution in [3.8, 4) is 5.75 Å². The Hall–Kier alpha value is -1.76. The SMILES string of the molecule is Fc1c(Br)c(Cl)c2c3c1OC(OC[C@@]14CCCN1C[C@H](F)C4)=CN(CC(F)F)C=3N(C1COC1)CN=2. The Kier molecular flexibility index (Phi) is 6.29. The minimum absolute atomic E-state index is 0.0265. The zero-order chi connectivity index (χ0) is 25.2. The molecule has 1 aromatic carbocycles. The van der Waals surface area contributed by atoms with E-state index in [0.29, 0.717) is 32.0 Å². The van der Waals surface area contributed by atoms with Crippen molar-refractivity contribution in [2.24, 2.45) is 4.99 Å². The number of nitrogens with zero attached hydrogens (tertiary/aromatic N) is 4. The highest BCUT2D eigenvalue weighted by atomic mass is 79.9. The molecule has 0 aliphatic carbocycles. The van der Waals surface area contributed by atoms with E-state index < -0.39 is 30.5 Å². The number of ether oxygens (including phenoxy) is 3. The lowest BCUT2D eigenvalue weighted by Gasteiger charge is -2.42. The second-order valence-corrected chi connectivity index (χ2v) is 10.9. The summed E-state index contributed by atoms with van der Waals surface area (Å²) in [6.45, 7) is 1.42. The van der Waals surface area contributed by atoms with Crippen LogP contribution in [0.25, 0.3) is 5.82 Å². The first-order valence-electron chi connectivity index (χ1n) is 11.8. The van der Waals surface area contributed by atoms with Crippen LogP contribution in [0, 0.1) is 5.82 Å². The van der Waals surface area contributed by atoms with Crippen molar-refractivity contribution in [1.29, 1.82) is 0 Å². The third-order valence-electron chi connectivity index (χ3n) is 7.51. The molecule has 5 aliphatic heterocycles. The average molecular weight is 596 g/mol. The Balaban J connectivity index is 1.44. The molecule has 1 aromatic rings. The summed E-state index contributed by atoms with van der Waals surface area (Å²) in [6, 6.07) is -0.128. The first-order chi connectivity index (χ1) is 17.3. The Labute approximate surface area is 218 Å². The zero-order valence-corrected chi connectivity index (χ0v) is 21.5. The molecular weight excluding hydrogens is 572 g/mol. The minimum Gasteiger partial charge on any atom is -0.462 e. The van der Waals surface area contributed by atoms with Crippen LogP contribution < -0.4 is 15.3 Å². The summed E-state index contributed by atoms with van der Waals surface area (Å²) in [5.74, 6) is -0.859. The fourth-order valence-electron chi connectivity index (χ4n) is 5.76. The smallest absolute Gasteiger partial charge is 0.302 e. The summed E-state index contributed by atoms with van der Waals surface area (Å²) < 4.78 is 74.6. The van der Waals surface area contributed by atoms with Gasteiger partial charge in [0.25, 0.3) is 6.43 Å². The summed E-state index contributed by atoms with van der Waals surface area (Å²) in [7, 11) is 0. The maximum Gasteiger partial charge on any atom is 0.302 e. The molecule has 0 saturated carbocycles. The predicted octanol–water partition coefficient (Wildman–Crippen LogP) is 2.95. The molecule has 196 valence electrons. The van der Waals surface area contributed by atoms with Crippen molar-refractivity contribution in [2.75, 3.05) is 46.1 Å². The van der Waals surface area contributed by atoms with E-state index in [1.54, 1.807) is 4.90 Å². The number of hydrogen-bond donors (Lipinski definition) is 0. The van der Waals surface area contributed by atoms with E-state index in [1.807, 2.05) is 0 Å². The molecule has 0 aromatic heterocycles. The van der Waals surface area contributed by atoms with Gasteiger partial charge in [0.1, 0.15) is 25.3 Å². The molecule has 3 fully saturated rings. The highest BCUT2D eigenvalue weighted by Gasteiger charge is 2.49. The number of benzene rings is 1. The molecule has 5 heterocycles. The maximum atomic E-state index is 15.6. The second-order valence-electron chi connectivity index (χ2n) is 9.74. The standard InChI is InChI=1S/C23H24BrClF4N4O3/c24-17-18(25)20-16-21(19(17)29)36-15(35-10-23-2-1-3-32(23)5-12(26)4-23)7-31(6-14(27)28)22(16)33(11-30-20)13-8-34-9-13/h7,12-14H,1-6,8-11H2/t12-,23+/m1/s1. The van der Waals surface area contributed by atoms with E-state index in [1.165, 1.54) is 11.1 Å². The van der Waals surface area contributed by atoms with Crippen molar-refractivity contribution < 1.29 is 31.8 Å². The number of hydrogen-bond acceptors (Lipinski definition) is 7. The van der Waals surface area contributed by atoms with Crippen LogP contribution in [0.2, 0.25) is 5.02 Å². The fourth-order valence-corrected chi connectivity index (χ4v) is 6.37. The Morgan fingerprint density at radius 2 is 2.14 bits per heavy atom. The first-order valence-corrected chi connectivity index (χ1v) is 13.0. The second kappa shape index (κ2) is 9.21. The van der Waals surface area contributed by atoms with Gasteiger partial charge in [-0.25, -0.2) is 17.6 Å². The molecule has 3 saturated heterocycles. The Morgan fingerprint density at radius 1 is 1.33 bits per heavy atom. The molecule has 2 atom stereocenters. The van der Waals surface area contributed by atoms with Gasteiger partial charge in [0, 0.05) is 13.0 Å². The van der Waals surface area contributed by atoms with Gasteiger partial charge in [0.2, 0.25) is 0 Å². The molecule has 0 unspecified atom stereocenters. The number of alkyl halides is 3. The first kappa shape index (κ1) is 24.6. The molecule has 5 aliphatic rings. The highest BCUT2D eigenvalue weighted by Crippen LogP contribution is 2.41. The number of halogens is 6. The van der Waals surface area contributed by atoms with E-state index in [-0.39, 0.29) is 51.1 Å². The normalized spacial score (nSPS) is 27.8. The van der Waals surface area contributed by atoms with Crippen LogP contribution in [0.5, 0.6) is 5.75 Å². The van der Waals surface area contributed by atoms with Gasteiger partial charge in [-0.3, -0.25) is 9.89 Å². The van der Waals surface area contributed by atoms with Crippen LogP contribution in [0.4, 0.5) is 17.6 Å². The molecule has 0 spiro atoms. The van der Waals surface area contributed by atoms with Gasteiger partial charge in [-0.15, -0.1) is 0 Å². The molecular formula is C23H24BrClF4N4O3. The lowest BCUT2D eigenvalue weighted by Crippen LogP contribution is -2.56. The van der Waals surface area contributed by atoms with Crippen LogP contribution in [0.3, 0.4) is 0 Å². The van der Waals surface area contributed by atoms with Gasteiger partial charge in [-0.2, -0.15) is 0 Å². The highest BCUT2D eigenvalue weighted by molar-refractivity contribution is 9.10. The largest absolute Gasteiger partial charge is 0.462 e. The lowest BCUT2D eigenvalue weighted by atomic mass is 9.95. The van der Waals surface area contributed by atoms with Crippen molar-refractivity contribution in [3.05, 3.63) is 38.0 Å². The van der Waals surface area contributed by atoms with E-state index in [2.05, 4.69) is 25.8 Å². The van der Waals surface area contributed by atoms with Crippen LogP contribution in [-0.2, 0) is 9.47 Å². The third kappa shape index (κ3) is 3.95. The number of fused-ring (bicyclic) bond motifs is 1. The Morgan fingerprint density at radius 3 is 2.86 bits per heavy atom. The average Bonchev–Trinajstić information content (AvgIpc) is 3.26. The third-order valence-corrected chi connectivity index (χ3v) is 8.85. The number of rotatable bonds is 6. The van der Waals surface area contributed by atoms with Gasteiger partial charge in [0.05, 0.1) is 57.6 Å². The van der Waals surface area contributed by atoms with Crippen LogP contribution in [0.1, 0.15) is 19.3 Å². The quantitative estimate of drug-likeness (QED) is 0.373. The van der Waals surface area contributed by atoms with Crippen molar-refractivity contribution in [3.63, 3.8) is 0 Å². The summed E-state index contributed by atoms with van der Waals surface area (Å²) in [6.07, 6.45) is -0.354. The molecule has 7 nitrogen and oxygen atoms in total. The van der Waals surface area contributed by atoms with Gasteiger partial charge >= 0.3 is 5.95 Å². The van der Waals surface area contributed by atoms with E-state index in [4.69, 9.17) is 25.8 Å². The van der Waals surface area contributed by atoms with Crippen molar-refractivity contribution in [2.45, 2.75) is 43.4 Å². The van der Waals surface area contributed by atoms with E-state index >= 15 is 4.39 Å². The fraction of sp³-hybridized carbons (Fsp3) is 0.609. The monoisotopic (exact) mass is 594 g/mol. The molecule has 13 heteroatoms. The zero-order valence-electron chi connectivity index (χ0n) is 19.2. The minimum atomic E-state index is -2.71. The van der Waals surface area contributed by atoms with Crippen molar-refractivity contribution >= 4 is 33.4 Å². The molecule has 0 amide bonds. The summed E-state index contributed by atoms with van der Waals surface area (Å²) >= 11 is 9.59. The van der Waals surface area contributed by atoms with Gasteiger partial charge in [-0.05, 0) is 35.3 Å². The summed E-state index contributed by atoms with van der Waals surface area (Å²) in [5, 5.41) is 0.454. The molecule has 0 N–H and O–H groups in total. The van der Waals surface area contributed by atoms with E-state index in [0.717, 1.165) is 19.4 Å². The molecule has 0 radical (unpaired) electrons. The molecule has 36 heavy (non-hydrogen) atoms. The maximum absolute atomic E-state index is 15.6. The summed E-state index contributed by atoms with van der Waals surface area (Å²) in [5.41, 5.74) is -0.498. The summed E-state index contributed by atoms with van der Waals surface area (Å²) in [4.78, 5) is 9.70. The van der Waals surface area contributed by atoms with E-state index in [9.17, 15) is 13.2 Å².